The van der Waals surface area contributed by atoms with Crippen LogP contribution in [0.4, 0.5) is 11.4 Å². The van der Waals surface area contributed by atoms with Crippen LogP contribution in [0.15, 0.2) is 18.2 Å². The number of benzene rings is 1. The number of amides is 1. The second-order valence-corrected chi connectivity index (χ2v) is 5.19. The summed E-state index contributed by atoms with van der Waals surface area (Å²) in [6.45, 7) is 2.20. The van der Waals surface area contributed by atoms with Crippen LogP contribution in [0, 0.1) is 10.1 Å². The van der Waals surface area contributed by atoms with Crippen molar-refractivity contribution in [2.75, 3.05) is 11.9 Å². The number of nitro groups is 1. The monoisotopic (exact) mass is 293 g/mol. The number of nitro benzene ring substituents is 1. The average Bonchev–Trinajstić information content (AvgIpc) is 2.89. The molecule has 0 heterocycles. The number of carbonyl (C=O) groups is 1. The van der Waals surface area contributed by atoms with Crippen molar-refractivity contribution >= 4 is 17.3 Å². The molecule has 0 aromatic heterocycles. The van der Waals surface area contributed by atoms with Crippen LogP contribution >= 0.6 is 0 Å². The molecule has 0 atom stereocenters. The maximum atomic E-state index is 12.2. The predicted molar refractivity (Wildman–Crippen MR) is 78.3 cm³/mol. The minimum absolute atomic E-state index is 0.144. The molecule has 0 spiro atoms. The van der Waals surface area contributed by atoms with Gasteiger partial charge in [0.25, 0.3) is 5.69 Å². The van der Waals surface area contributed by atoms with Crippen molar-refractivity contribution in [1.82, 2.24) is 0 Å². The molecule has 1 amide bonds. The van der Waals surface area contributed by atoms with Crippen molar-refractivity contribution in [3.05, 3.63) is 28.3 Å². The number of hydrogen-bond acceptors (Lipinski definition) is 5. The molecular weight excluding hydrogens is 274 g/mol. The summed E-state index contributed by atoms with van der Waals surface area (Å²) in [5.41, 5.74) is 5.07. The summed E-state index contributed by atoms with van der Waals surface area (Å²) < 4.78 is 5.23. The highest BCUT2D eigenvalue weighted by molar-refractivity contribution is 5.99. The smallest absolute Gasteiger partial charge is 0.296 e. The van der Waals surface area contributed by atoms with E-state index in [1.165, 1.54) is 12.1 Å². The van der Waals surface area contributed by atoms with Gasteiger partial charge >= 0.3 is 0 Å². The van der Waals surface area contributed by atoms with E-state index in [1.54, 1.807) is 13.0 Å². The van der Waals surface area contributed by atoms with Crippen LogP contribution in [-0.2, 0) is 4.79 Å². The maximum absolute atomic E-state index is 12.2. The lowest BCUT2D eigenvalue weighted by Crippen LogP contribution is -2.48. The standard InChI is InChI=1S/C14H19N3O4/c1-2-21-10-5-6-11(12(9-10)17(19)20)16-13(18)14(15)7-3-4-8-14/h5-6,9H,2-4,7-8,15H2,1H3,(H,16,18). The predicted octanol–water partition coefficient (Wildman–Crippen LogP) is 2.20. The summed E-state index contributed by atoms with van der Waals surface area (Å²) in [5.74, 6) is 0.0257. The van der Waals surface area contributed by atoms with Gasteiger partial charge in [0.2, 0.25) is 5.91 Å². The lowest BCUT2D eigenvalue weighted by Gasteiger charge is -2.22. The molecular formula is C14H19N3O4. The Labute approximate surface area is 122 Å². The molecule has 114 valence electrons. The van der Waals surface area contributed by atoms with Gasteiger partial charge in [-0.2, -0.15) is 0 Å². The van der Waals surface area contributed by atoms with Gasteiger partial charge in [-0.3, -0.25) is 14.9 Å². The number of carbonyl (C=O) groups excluding carboxylic acids is 1. The molecule has 7 nitrogen and oxygen atoms in total. The van der Waals surface area contributed by atoms with Crippen molar-refractivity contribution in [1.29, 1.82) is 0 Å². The van der Waals surface area contributed by atoms with Crippen LogP contribution in [0.2, 0.25) is 0 Å². The zero-order valence-electron chi connectivity index (χ0n) is 11.9. The first-order chi connectivity index (χ1) is 9.96. The van der Waals surface area contributed by atoms with E-state index in [0.29, 0.717) is 25.2 Å². The van der Waals surface area contributed by atoms with E-state index in [4.69, 9.17) is 10.5 Å². The second-order valence-electron chi connectivity index (χ2n) is 5.19. The Hall–Kier alpha value is -2.15. The summed E-state index contributed by atoms with van der Waals surface area (Å²) in [6.07, 6.45) is 3.00. The first-order valence-electron chi connectivity index (χ1n) is 6.98. The number of hydrogen-bond donors (Lipinski definition) is 2. The molecule has 0 aliphatic heterocycles. The number of nitrogens with two attached hydrogens (primary N) is 1. The Morgan fingerprint density at radius 1 is 1.48 bits per heavy atom. The first-order valence-corrected chi connectivity index (χ1v) is 6.98. The lowest BCUT2D eigenvalue weighted by molar-refractivity contribution is -0.384. The number of rotatable bonds is 5. The van der Waals surface area contributed by atoms with Gasteiger partial charge in [0.1, 0.15) is 11.4 Å². The van der Waals surface area contributed by atoms with Crippen molar-refractivity contribution in [2.45, 2.75) is 38.1 Å². The highest BCUT2D eigenvalue weighted by Gasteiger charge is 2.37. The molecule has 7 heteroatoms. The molecule has 0 saturated heterocycles. The summed E-state index contributed by atoms with van der Waals surface area (Å²) in [5, 5.41) is 13.7. The molecule has 1 aliphatic rings. The molecule has 3 N–H and O–H groups in total. The van der Waals surface area contributed by atoms with E-state index >= 15 is 0 Å². The highest BCUT2D eigenvalue weighted by Crippen LogP contribution is 2.32. The van der Waals surface area contributed by atoms with Gasteiger partial charge in [0.15, 0.2) is 0 Å². The van der Waals surface area contributed by atoms with Gasteiger partial charge in [-0.1, -0.05) is 12.8 Å². The van der Waals surface area contributed by atoms with Crippen molar-refractivity contribution < 1.29 is 14.5 Å². The van der Waals surface area contributed by atoms with Gasteiger partial charge in [-0.15, -0.1) is 0 Å². The zero-order valence-corrected chi connectivity index (χ0v) is 11.9. The average molecular weight is 293 g/mol. The number of nitrogens with zero attached hydrogens (tertiary/aromatic N) is 1. The quantitative estimate of drug-likeness (QED) is 0.639. The summed E-state index contributed by atoms with van der Waals surface area (Å²) in [4.78, 5) is 22.8. The number of anilines is 1. The Bertz CT molecular complexity index is 553. The van der Waals surface area contributed by atoms with Crippen LogP contribution < -0.4 is 15.8 Å². The molecule has 1 aromatic carbocycles. The van der Waals surface area contributed by atoms with E-state index in [9.17, 15) is 14.9 Å². The van der Waals surface area contributed by atoms with Crippen LogP contribution in [0.3, 0.4) is 0 Å². The van der Waals surface area contributed by atoms with E-state index in [2.05, 4.69) is 5.32 Å². The summed E-state index contributed by atoms with van der Waals surface area (Å²) in [6, 6.07) is 4.36. The van der Waals surface area contributed by atoms with Crippen LogP contribution in [-0.4, -0.2) is 23.0 Å². The van der Waals surface area contributed by atoms with Crippen LogP contribution in [0.25, 0.3) is 0 Å². The molecule has 0 radical (unpaired) electrons. The third kappa shape index (κ3) is 3.30. The first kappa shape index (κ1) is 15.2. The van der Waals surface area contributed by atoms with E-state index < -0.39 is 10.5 Å². The Kier molecular flexibility index (Phi) is 4.42. The van der Waals surface area contributed by atoms with Gasteiger partial charge in [-0.05, 0) is 31.9 Å². The van der Waals surface area contributed by atoms with Crippen molar-refractivity contribution in [3.8, 4) is 5.75 Å². The number of ether oxygens (including phenoxy) is 1. The maximum Gasteiger partial charge on any atom is 0.296 e. The lowest BCUT2D eigenvalue weighted by atomic mass is 9.98. The van der Waals surface area contributed by atoms with E-state index in [-0.39, 0.29) is 17.3 Å². The molecule has 1 aromatic rings. The largest absolute Gasteiger partial charge is 0.494 e. The fraction of sp³-hybridized carbons (Fsp3) is 0.500. The normalized spacial score (nSPS) is 16.5. The number of nitrogens with one attached hydrogen (secondary N) is 1. The molecule has 1 saturated carbocycles. The van der Waals surface area contributed by atoms with Crippen LogP contribution in [0.5, 0.6) is 5.75 Å². The second kappa shape index (κ2) is 6.09. The molecule has 0 unspecified atom stereocenters. The van der Waals surface area contributed by atoms with E-state index in [1.807, 2.05) is 0 Å². The Morgan fingerprint density at radius 2 is 2.14 bits per heavy atom. The molecule has 0 bridgehead atoms. The van der Waals surface area contributed by atoms with Gasteiger partial charge in [0, 0.05) is 0 Å². The van der Waals surface area contributed by atoms with Gasteiger partial charge < -0.3 is 15.8 Å². The summed E-state index contributed by atoms with van der Waals surface area (Å²) in [7, 11) is 0. The minimum Gasteiger partial charge on any atom is -0.494 e. The van der Waals surface area contributed by atoms with Gasteiger partial charge in [-0.25, -0.2) is 0 Å². The zero-order chi connectivity index (χ0) is 15.5. The molecule has 21 heavy (non-hydrogen) atoms. The molecule has 1 fully saturated rings. The fourth-order valence-electron chi connectivity index (χ4n) is 2.50. The topological polar surface area (TPSA) is 107 Å². The third-order valence-electron chi connectivity index (χ3n) is 3.67. The van der Waals surface area contributed by atoms with Crippen molar-refractivity contribution in [3.63, 3.8) is 0 Å². The Balaban J connectivity index is 2.22. The highest BCUT2D eigenvalue weighted by atomic mass is 16.6. The summed E-state index contributed by atoms with van der Waals surface area (Å²) >= 11 is 0. The fourth-order valence-corrected chi connectivity index (χ4v) is 2.50. The van der Waals surface area contributed by atoms with Gasteiger partial charge in [0.05, 0.1) is 23.1 Å². The van der Waals surface area contributed by atoms with E-state index in [0.717, 1.165) is 12.8 Å². The minimum atomic E-state index is -0.924. The third-order valence-corrected chi connectivity index (χ3v) is 3.67. The van der Waals surface area contributed by atoms with Crippen LogP contribution in [0.1, 0.15) is 32.6 Å². The molecule has 1 aliphatic carbocycles. The molecule has 2 rings (SSSR count). The van der Waals surface area contributed by atoms with Crippen molar-refractivity contribution in [2.24, 2.45) is 5.73 Å². The SMILES string of the molecule is CCOc1ccc(NC(=O)C2(N)CCCC2)c([N+](=O)[O-])c1. The Morgan fingerprint density at radius 3 is 2.71 bits per heavy atom.